The summed E-state index contributed by atoms with van der Waals surface area (Å²) >= 11 is 0. The lowest BCUT2D eigenvalue weighted by Gasteiger charge is -2.29. The summed E-state index contributed by atoms with van der Waals surface area (Å²) in [6, 6.07) is 6.48. The maximum Gasteiger partial charge on any atom is 0.253 e. The minimum atomic E-state index is -3.45. The molecule has 6 heteroatoms. The van der Waals surface area contributed by atoms with Gasteiger partial charge in [-0.2, -0.15) is 4.31 Å². The smallest absolute Gasteiger partial charge is 0.253 e. The number of likely N-dealkylation sites (tertiary alicyclic amines) is 1. The van der Waals surface area contributed by atoms with Gasteiger partial charge in [0.2, 0.25) is 10.0 Å². The largest absolute Gasteiger partial charge is 0.339 e. The fourth-order valence-corrected chi connectivity index (χ4v) is 5.07. The zero-order valence-electron chi connectivity index (χ0n) is 15.0. The summed E-state index contributed by atoms with van der Waals surface area (Å²) in [5.41, 5.74) is 0.577. The zero-order valence-corrected chi connectivity index (χ0v) is 15.8. The lowest BCUT2D eigenvalue weighted by atomic mass is 10.0. The Hall–Kier alpha value is -1.40. The van der Waals surface area contributed by atoms with Crippen LogP contribution in [0.5, 0.6) is 0 Å². The summed E-state index contributed by atoms with van der Waals surface area (Å²) in [4.78, 5) is 14.8. The van der Waals surface area contributed by atoms with Gasteiger partial charge in [-0.15, -0.1) is 0 Å². The molecule has 2 heterocycles. The predicted octanol–water partition coefficient (Wildman–Crippen LogP) is 3.12. The van der Waals surface area contributed by atoms with Crippen LogP contribution in [-0.4, -0.2) is 49.7 Å². The highest BCUT2D eigenvalue weighted by molar-refractivity contribution is 7.89. The quantitative estimate of drug-likeness (QED) is 0.828. The third kappa shape index (κ3) is 4.23. The monoisotopic (exact) mass is 364 g/mol. The number of carbonyl (C=O) groups excluding carboxylic acids is 1. The standard InChI is InChI=1S/C19H28N2O3S/c1-16-10-14-21(15-11-16)25(23,24)18-8-6-17(7-9-18)19(22)20-12-4-2-3-5-13-20/h6-9,16H,2-5,10-15H2,1H3. The molecule has 5 nitrogen and oxygen atoms in total. The molecule has 25 heavy (non-hydrogen) atoms. The SMILES string of the molecule is CC1CCN(S(=O)(=O)c2ccc(C(=O)N3CCCCCC3)cc2)CC1. The van der Waals surface area contributed by atoms with Crippen LogP contribution in [0.3, 0.4) is 0 Å². The Morgan fingerprint density at radius 2 is 1.48 bits per heavy atom. The fraction of sp³-hybridized carbons (Fsp3) is 0.632. The lowest BCUT2D eigenvalue weighted by molar-refractivity contribution is 0.0761. The highest BCUT2D eigenvalue weighted by atomic mass is 32.2. The first-order valence-corrected chi connectivity index (χ1v) is 10.8. The second-order valence-corrected chi connectivity index (χ2v) is 9.26. The highest BCUT2D eigenvalue weighted by Gasteiger charge is 2.28. The van der Waals surface area contributed by atoms with Crippen LogP contribution < -0.4 is 0 Å². The fourth-order valence-electron chi connectivity index (χ4n) is 3.60. The van der Waals surface area contributed by atoms with Crippen LogP contribution in [0, 0.1) is 5.92 Å². The van der Waals surface area contributed by atoms with Crippen molar-refractivity contribution in [1.82, 2.24) is 9.21 Å². The topological polar surface area (TPSA) is 57.7 Å². The Bertz CT molecular complexity index is 684. The van der Waals surface area contributed by atoms with Crippen molar-refractivity contribution in [3.63, 3.8) is 0 Å². The first kappa shape index (κ1) is 18.4. The average molecular weight is 365 g/mol. The van der Waals surface area contributed by atoms with Gasteiger partial charge < -0.3 is 4.90 Å². The van der Waals surface area contributed by atoms with E-state index < -0.39 is 10.0 Å². The van der Waals surface area contributed by atoms with Crippen LogP contribution in [0.1, 0.15) is 55.8 Å². The molecule has 2 aliphatic rings. The molecule has 0 aliphatic carbocycles. The Balaban J connectivity index is 1.72. The third-order valence-electron chi connectivity index (χ3n) is 5.37. The number of amides is 1. The van der Waals surface area contributed by atoms with Gasteiger partial charge in [-0.25, -0.2) is 8.42 Å². The molecule has 1 aromatic carbocycles. The van der Waals surface area contributed by atoms with Crippen LogP contribution in [0.15, 0.2) is 29.2 Å². The van der Waals surface area contributed by atoms with Crippen LogP contribution in [-0.2, 0) is 10.0 Å². The molecule has 0 saturated carbocycles. The Morgan fingerprint density at radius 3 is 2.04 bits per heavy atom. The molecular formula is C19H28N2O3S. The van der Waals surface area contributed by atoms with Crippen LogP contribution in [0.25, 0.3) is 0 Å². The second-order valence-electron chi connectivity index (χ2n) is 7.32. The van der Waals surface area contributed by atoms with E-state index in [0.29, 0.717) is 24.6 Å². The first-order valence-electron chi connectivity index (χ1n) is 9.38. The molecule has 0 spiro atoms. The van der Waals surface area contributed by atoms with E-state index in [1.807, 2.05) is 4.90 Å². The van der Waals surface area contributed by atoms with E-state index in [0.717, 1.165) is 38.8 Å². The van der Waals surface area contributed by atoms with Gasteiger partial charge in [0.05, 0.1) is 4.90 Å². The van der Waals surface area contributed by atoms with E-state index in [1.54, 1.807) is 28.6 Å². The number of hydrogen-bond donors (Lipinski definition) is 0. The summed E-state index contributed by atoms with van der Waals surface area (Å²) in [6.07, 6.45) is 6.26. The first-order chi connectivity index (χ1) is 12.0. The predicted molar refractivity (Wildman–Crippen MR) is 98.0 cm³/mol. The molecule has 0 atom stereocenters. The summed E-state index contributed by atoms with van der Waals surface area (Å²) in [7, 11) is -3.45. The average Bonchev–Trinajstić information content (AvgIpc) is 2.91. The third-order valence-corrected chi connectivity index (χ3v) is 7.29. The molecule has 1 amide bonds. The lowest BCUT2D eigenvalue weighted by Crippen LogP contribution is -2.37. The van der Waals surface area contributed by atoms with E-state index >= 15 is 0 Å². The van der Waals surface area contributed by atoms with Crippen molar-refractivity contribution >= 4 is 15.9 Å². The molecule has 1 aromatic rings. The summed E-state index contributed by atoms with van der Waals surface area (Å²) < 4.78 is 27.1. The van der Waals surface area contributed by atoms with Crippen molar-refractivity contribution in [2.24, 2.45) is 5.92 Å². The molecule has 0 aromatic heterocycles. The number of benzene rings is 1. The van der Waals surface area contributed by atoms with Crippen LogP contribution in [0.2, 0.25) is 0 Å². The Morgan fingerprint density at radius 1 is 0.920 bits per heavy atom. The van der Waals surface area contributed by atoms with Crippen LogP contribution in [0.4, 0.5) is 0 Å². The number of rotatable bonds is 3. The minimum absolute atomic E-state index is 0.0117. The van der Waals surface area contributed by atoms with Gasteiger partial charge in [-0.1, -0.05) is 19.8 Å². The normalized spacial score (nSPS) is 21.1. The van der Waals surface area contributed by atoms with Crippen molar-refractivity contribution < 1.29 is 13.2 Å². The highest BCUT2D eigenvalue weighted by Crippen LogP contribution is 2.24. The molecule has 3 rings (SSSR count). The molecule has 0 unspecified atom stereocenters. The number of nitrogens with zero attached hydrogens (tertiary/aromatic N) is 2. The van der Waals surface area contributed by atoms with Gasteiger partial charge in [-0.3, -0.25) is 4.79 Å². The van der Waals surface area contributed by atoms with E-state index in [-0.39, 0.29) is 10.8 Å². The van der Waals surface area contributed by atoms with E-state index in [1.165, 1.54) is 12.8 Å². The van der Waals surface area contributed by atoms with E-state index in [2.05, 4.69) is 6.92 Å². The zero-order chi connectivity index (χ0) is 17.9. The number of carbonyl (C=O) groups is 1. The Labute approximate surface area is 151 Å². The summed E-state index contributed by atoms with van der Waals surface area (Å²) in [6.45, 7) is 4.92. The van der Waals surface area contributed by atoms with Crippen molar-refractivity contribution in [3.8, 4) is 0 Å². The summed E-state index contributed by atoms with van der Waals surface area (Å²) in [5.74, 6) is 0.595. The number of piperidine rings is 1. The maximum absolute atomic E-state index is 12.8. The van der Waals surface area contributed by atoms with Gasteiger partial charge in [0.1, 0.15) is 0 Å². The second kappa shape index (κ2) is 7.87. The van der Waals surface area contributed by atoms with Crippen molar-refractivity contribution in [1.29, 1.82) is 0 Å². The van der Waals surface area contributed by atoms with Crippen LogP contribution >= 0.6 is 0 Å². The molecule has 138 valence electrons. The minimum Gasteiger partial charge on any atom is -0.339 e. The Kier molecular flexibility index (Phi) is 5.79. The van der Waals surface area contributed by atoms with E-state index in [9.17, 15) is 13.2 Å². The van der Waals surface area contributed by atoms with Crippen molar-refractivity contribution in [2.75, 3.05) is 26.2 Å². The van der Waals surface area contributed by atoms with Gasteiger partial charge in [-0.05, 0) is 55.9 Å². The van der Waals surface area contributed by atoms with Gasteiger partial charge in [0.15, 0.2) is 0 Å². The van der Waals surface area contributed by atoms with Gasteiger partial charge in [0, 0.05) is 31.7 Å². The molecule has 0 N–H and O–H groups in total. The van der Waals surface area contributed by atoms with Gasteiger partial charge in [0.25, 0.3) is 5.91 Å². The van der Waals surface area contributed by atoms with Gasteiger partial charge >= 0.3 is 0 Å². The van der Waals surface area contributed by atoms with E-state index in [4.69, 9.17) is 0 Å². The number of sulfonamides is 1. The molecule has 2 fully saturated rings. The van der Waals surface area contributed by atoms with Crippen molar-refractivity contribution in [2.45, 2.75) is 50.3 Å². The molecular weight excluding hydrogens is 336 g/mol. The molecule has 2 saturated heterocycles. The number of hydrogen-bond acceptors (Lipinski definition) is 3. The summed E-state index contributed by atoms with van der Waals surface area (Å²) in [5, 5.41) is 0. The van der Waals surface area contributed by atoms with Crippen molar-refractivity contribution in [3.05, 3.63) is 29.8 Å². The molecule has 0 radical (unpaired) electrons. The maximum atomic E-state index is 12.8. The molecule has 2 aliphatic heterocycles. The molecule has 0 bridgehead atoms.